The lowest BCUT2D eigenvalue weighted by atomic mass is 9.88. The normalized spacial score (nSPS) is 19.0. The summed E-state index contributed by atoms with van der Waals surface area (Å²) in [6.45, 7) is 2.03. The fourth-order valence-electron chi connectivity index (χ4n) is 4.14. The Hall–Kier alpha value is -3.36. The molecule has 0 bridgehead atoms. The molecule has 1 atom stereocenters. The maximum atomic E-state index is 13.3. The number of anilines is 2. The van der Waals surface area contributed by atoms with Gasteiger partial charge in [-0.3, -0.25) is 9.36 Å². The molecule has 1 aliphatic heterocycles. The van der Waals surface area contributed by atoms with Crippen LogP contribution >= 0.6 is 0 Å². The zero-order chi connectivity index (χ0) is 20.8. The number of hydrogen-bond acceptors (Lipinski definition) is 6. The summed E-state index contributed by atoms with van der Waals surface area (Å²) in [4.78, 5) is 34.6. The maximum absolute atomic E-state index is 13.3. The SMILES string of the molecule is CCC1C(=O)N(C)c2cnc(-n3ccnc3-c3ccc(F)cn3)nc2N1C1CCC1. The first-order valence-corrected chi connectivity index (χ1v) is 10.2. The Morgan fingerprint density at radius 1 is 1.17 bits per heavy atom. The minimum Gasteiger partial charge on any atom is -0.340 e. The molecule has 3 aromatic rings. The molecule has 8 nitrogen and oxygen atoms in total. The summed E-state index contributed by atoms with van der Waals surface area (Å²) >= 11 is 0. The highest BCUT2D eigenvalue weighted by molar-refractivity contribution is 6.04. The lowest BCUT2D eigenvalue weighted by molar-refractivity contribution is -0.120. The largest absolute Gasteiger partial charge is 0.340 e. The third-order valence-electron chi connectivity index (χ3n) is 5.96. The Morgan fingerprint density at radius 2 is 2.00 bits per heavy atom. The van der Waals surface area contributed by atoms with Crippen LogP contribution in [0.1, 0.15) is 32.6 Å². The van der Waals surface area contributed by atoms with Gasteiger partial charge in [0.1, 0.15) is 23.2 Å². The predicted octanol–water partition coefficient (Wildman–Crippen LogP) is 2.98. The molecule has 154 valence electrons. The number of fused-ring (bicyclic) bond motifs is 1. The molecule has 0 spiro atoms. The highest BCUT2D eigenvalue weighted by Crippen LogP contribution is 2.40. The molecule has 1 unspecified atom stereocenters. The van der Waals surface area contributed by atoms with Crippen molar-refractivity contribution in [1.82, 2.24) is 24.5 Å². The van der Waals surface area contributed by atoms with Crippen molar-refractivity contribution < 1.29 is 9.18 Å². The van der Waals surface area contributed by atoms with Gasteiger partial charge in [0.25, 0.3) is 0 Å². The monoisotopic (exact) mass is 407 g/mol. The summed E-state index contributed by atoms with van der Waals surface area (Å²) < 4.78 is 15.0. The van der Waals surface area contributed by atoms with Crippen molar-refractivity contribution in [3.05, 3.63) is 42.7 Å². The van der Waals surface area contributed by atoms with E-state index in [0.717, 1.165) is 31.3 Å². The summed E-state index contributed by atoms with van der Waals surface area (Å²) in [6, 6.07) is 3.01. The molecule has 0 aromatic carbocycles. The van der Waals surface area contributed by atoms with E-state index in [1.165, 1.54) is 6.07 Å². The van der Waals surface area contributed by atoms with Crippen LogP contribution in [-0.4, -0.2) is 49.5 Å². The Bertz CT molecular complexity index is 1090. The van der Waals surface area contributed by atoms with Gasteiger partial charge in [-0.1, -0.05) is 6.92 Å². The predicted molar refractivity (Wildman–Crippen MR) is 110 cm³/mol. The summed E-state index contributed by atoms with van der Waals surface area (Å²) in [6.07, 6.45) is 10.2. The van der Waals surface area contributed by atoms with Crippen molar-refractivity contribution in [1.29, 1.82) is 0 Å². The van der Waals surface area contributed by atoms with Crippen LogP contribution in [0.5, 0.6) is 0 Å². The fraction of sp³-hybridized carbons (Fsp3) is 0.381. The first-order chi connectivity index (χ1) is 14.6. The number of aromatic nitrogens is 5. The zero-order valence-corrected chi connectivity index (χ0v) is 16.9. The molecule has 5 rings (SSSR count). The Balaban J connectivity index is 1.61. The van der Waals surface area contributed by atoms with Gasteiger partial charge in [-0.2, -0.15) is 4.98 Å². The number of hydrogen-bond donors (Lipinski definition) is 0. The molecular weight excluding hydrogens is 385 g/mol. The minimum atomic E-state index is -0.406. The van der Waals surface area contributed by atoms with E-state index in [2.05, 4.69) is 19.9 Å². The van der Waals surface area contributed by atoms with E-state index in [9.17, 15) is 9.18 Å². The number of amides is 1. The van der Waals surface area contributed by atoms with Crippen LogP contribution in [0.4, 0.5) is 15.9 Å². The molecule has 1 saturated carbocycles. The van der Waals surface area contributed by atoms with Crippen molar-refractivity contribution in [3.8, 4) is 17.5 Å². The van der Waals surface area contributed by atoms with Crippen molar-refractivity contribution in [2.45, 2.75) is 44.7 Å². The summed E-state index contributed by atoms with van der Waals surface area (Å²) in [5.74, 6) is 1.40. The van der Waals surface area contributed by atoms with Gasteiger partial charge in [-0.05, 0) is 37.8 Å². The number of likely N-dealkylation sites (N-methyl/N-ethyl adjacent to an activating group) is 1. The highest BCUT2D eigenvalue weighted by atomic mass is 19.1. The van der Waals surface area contributed by atoms with E-state index in [1.54, 1.807) is 41.2 Å². The van der Waals surface area contributed by atoms with Crippen LogP contribution in [0.3, 0.4) is 0 Å². The third kappa shape index (κ3) is 2.84. The smallest absolute Gasteiger partial charge is 0.249 e. The zero-order valence-electron chi connectivity index (χ0n) is 16.9. The Morgan fingerprint density at radius 3 is 2.67 bits per heavy atom. The van der Waals surface area contributed by atoms with Gasteiger partial charge in [0.15, 0.2) is 11.6 Å². The van der Waals surface area contributed by atoms with Crippen LogP contribution in [0, 0.1) is 5.82 Å². The molecule has 2 aliphatic rings. The number of rotatable bonds is 4. The molecule has 0 N–H and O–H groups in total. The van der Waals surface area contributed by atoms with Crippen LogP contribution in [0.25, 0.3) is 17.5 Å². The maximum Gasteiger partial charge on any atom is 0.249 e. The van der Waals surface area contributed by atoms with E-state index < -0.39 is 5.82 Å². The Kier molecular flexibility index (Phi) is 4.45. The molecule has 4 heterocycles. The number of nitrogens with zero attached hydrogens (tertiary/aromatic N) is 7. The minimum absolute atomic E-state index is 0.0760. The second kappa shape index (κ2) is 7.16. The molecule has 0 radical (unpaired) electrons. The van der Waals surface area contributed by atoms with Crippen molar-refractivity contribution >= 4 is 17.4 Å². The average molecular weight is 407 g/mol. The van der Waals surface area contributed by atoms with Gasteiger partial charge in [0.2, 0.25) is 11.9 Å². The number of carbonyl (C=O) groups excluding carboxylic acids is 1. The number of carbonyl (C=O) groups is 1. The van der Waals surface area contributed by atoms with Gasteiger partial charge in [-0.25, -0.2) is 19.3 Å². The second-order valence-corrected chi connectivity index (χ2v) is 7.67. The topological polar surface area (TPSA) is 80.0 Å². The van der Waals surface area contributed by atoms with Crippen LogP contribution in [-0.2, 0) is 4.79 Å². The van der Waals surface area contributed by atoms with Crippen molar-refractivity contribution in [2.75, 3.05) is 16.8 Å². The fourth-order valence-corrected chi connectivity index (χ4v) is 4.14. The molecule has 1 amide bonds. The number of halogens is 1. The summed E-state index contributed by atoms with van der Waals surface area (Å²) in [5.41, 5.74) is 1.24. The van der Waals surface area contributed by atoms with Crippen LogP contribution in [0.2, 0.25) is 0 Å². The van der Waals surface area contributed by atoms with E-state index in [4.69, 9.17) is 4.98 Å². The highest BCUT2D eigenvalue weighted by Gasteiger charge is 2.42. The number of imidazole rings is 1. The molecule has 3 aromatic heterocycles. The Labute approximate surface area is 173 Å². The lowest BCUT2D eigenvalue weighted by Gasteiger charge is -2.47. The second-order valence-electron chi connectivity index (χ2n) is 7.67. The van der Waals surface area contributed by atoms with Crippen LogP contribution < -0.4 is 9.80 Å². The van der Waals surface area contributed by atoms with E-state index in [-0.39, 0.29) is 11.9 Å². The summed E-state index contributed by atoms with van der Waals surface area (Å²) in [7, 11) is 1.77. The molecule has 1 aliphatic carbocycles. The molecule has 9 heteroatoms. The van der Waals surface area contributed by atoms with Crippen molar-refractivity contribution in [3.63, 3.8) is 0 Å². The first-order valence-electron chi connectivity index (χ1n) is 10.2. The quantitative estimate of drug-likeness (QED) is 0.662. The lowest BCUT2D eigenvalue weighted by Crippen LogP contribution is -2.57. The third-order valence-corrected chi connectivity index (χ3v) is 5.96. The molecular formula is C21H22FN7O. The average Bonchev–Trinajstić information content (AvgIpc) is 3.21. The van der Waals surface area contributed by atoms with Gasteiger partial charge >= 0.3 is 0 Å². The van der Waals surface area contributed by atoms with Gasteiger partial charge in [0.05, 0.1) is 12.4 Å². The molecule has 0 saturated heterocycles. The van der Waals surface area contributed by atoms with E-state index >= 15 is 0 Å². The van der Waals surface area contributed by atoms with Crippen molar-refractivity contribution in [2.24, 2.45) is 0 Å². The molecule has 30 heavy (non-hydrogen) atoms. The summed E-state index contributed by atoms with van der Waals surface area (Å²) in [5, 5.41) is 0. The molecule has 1 fully saturated rings. The van der Waals surface area contributed by atoms with Gasteiger partial charge < -0.3 is 9.80 Å². The number of pyridine rings is 1. The van der Waals surface area contributed by atoms with E-state index in [0.29, 0.717) is 35.6 Å². The standard InChI is InChI=1S/C21H22FN7O/c1-3-16-20(30)27(2)17-12-25-21(26-19(17)29(16)14-5-4-6-14)28-10-9-23-18(28)15-8-7-13(22)11-24-15/h7-12,14,16H,3-6H2,1-2H3. The van der Waals surface area contributed by atoms with Crippen LogP contribution in [0.15, 0.2) is 36.9 Å². The van der Waals surface area contributed by atoms with E-state index in [1.807, 2.05) is 6.92 Å². The van der Waals surface area contributed by atoms with Gasteiger partial charge in [0, 0.05) is 25.5 Å². The first kappa shape index (κ1) is 18.7. The van der Waals surface area contributed by atoms with Gasteiger partial charge in [-0.15, -0.1) is 0 Å².